The Hall–Kier alpha value is -1.09. The van der Waals surface area contributed by atoms with Gasteiger partial charge in [-0.15, -0.1) is 6.58 Å². The Morgan fingerprint density at radius 2 is 1.95 bits per heavy atom. The Labute approximate surface area is 124 Å². The number of hydrogen-bond donors (Lipinski definition) is 1. The molecule has 0 spiro atoms. The Morgan fingerprint density at radius 1 is 1.35 bits per heavy atom. The van der Waals surface area contributed by atoms with Crippen LogP contribution in [0.4, 0.5) is 0 Å². The third kappa shape index (κ3) is 8.92. The summed E-state index contributed by atoms with van der Waals surface area (Å²) in [6.45, 7) is 18.9. The number of carbonyl (C=O) groups excluding carboxylic acids is 1. The zero-order chi connectivity index (χ0) is 15.8. The van der Waals surface area contributed by atoms with Gasteiger partial charge in [-0.25, -0.2) is 0 Å². The van der Waals surface area contributed by atoms with E-state index in [1.165, 1.54) is 6.42 Å². The molecule has 116 valence electrons. The van der Waals surface area contributed by atoms with Crippen molar-refractivity contribution in [3.05, 3.63) is 24.8 Å². The minimum Gasteiger partial charge on any atom is -0.371 e. The number of nitrogens with one attached hydrogen (secondary N) is 1. The first-order valence-corrected chi connectivity index (χ1v) is 7.38. The average Bonchev–Trinajstić information content (AvgIpc) is 2.31. The highest BCUT2D eigenvalue weighted by atomic mass is 16.5. The molecule has 0 saturated heterocycles. The molecule has 1 amide bonds. The van der Waals surface area contributed by atoms with E-state index >= 15 is 0 Å². The standard InChI is InChI=1S/C17H31NO2/c1-8-9-18-16(19)15(5)12-20-17(6,7)11-14(4)10-13(2)3/h8,13-14H,1,5,9-12H2,2-4,6-7H3,(H,18,19). The predicted octanol–water partition coefficient (Wildman–Crippen LogP) is 3.71. The van der Waals surface area contributed by atoms with Crippen LogP contribution in [0.25, 0.3) is 0 Å². The predicted molar refractivity (Wildman–Crippen MR) is 85.6 cm³/mol. The molecule has 1 atom stereocenters. The van der Waals surface area contributed by atoms with Crippen LogP contribution in [0.2, 0.25) is 0 Å². The van der Waals surface area contributed by atoms with Gasteiger partial charge in [0, 0.05) is 12.1 Å². The summed E-state index contributed by atoms with van der Waals surface area (Å²) in [7, 11) is 0. The summed E-state index contributed by atoms with van der Waals surface area (Å²) in [4.78, 5) is 11.6. The van der Waals surface area contributed by atoms with Crippen molar-refractivity contribution in [2.45, 2.75) is 53.1 Å². The van der Waals surface area contributed by atoms with Crippen LogP contribution in [0.15, 0.2) is 24.8 Å². The second-order valence-electron chi connectivity index (χ2n) is 6.59. The molecule has 3 heteroatoms. The van der Waals surface area contributed by atoms with Crippen molar-refractivity contribution < 1.29 is 9.53 Å². The summed E-state index contributed by atoms with van der Waals surface area (Å²) >= 11 is 0. The van der Waals surface area contributed by atoms with E-state index in [-0.39, 0.29) is 18.1 Å². The Balaban J connectivity index is 4.17. The Morgan fingerprint density at radius 3 is 2.45 bits per heavy atom. The maximum Gasteiger partial charge on any atom is 0.249 e. The molecule has 0 rings (SSSR count). The summed E-state index contributed by atoms with van der Waals surface area (Å²) in [6, 6.07) is 0. The zero-order valence-corrected chi connectivity index (χ0v) is 13.8. The van der Waals surface area contributed by atoms with E-state index in [1.807, 2.05) is 0 Å². The van der Waals surface area contributed by atoms with Gasteiger partial charge in [-0.1, -0.05) is 33.4 Å². The van der Waals surface area contributed by atoms with E-state index in [2.05, 4.69) is 53.1 Å². The molecule has 0 saturated carbocycles. The van der Waals surface area contributed by atoms with E-state index in [0.717, 1.165) is 6.42 Å². The van der Waals surface area contributed by atoms with E-state index in [4.69, 9.17) is 4.74 Å². The van der Waals surface area contributed by atoms with Gasteiger partial charge in [-0.2, -0.15) is 0 Å². The Bertz CT molecular complexity index is 332. The maximum absolute atomic E-state index is 11.6. The molecule has 0 bridgehead atoms. The van der Waals surface area contributed by atoms with Gasteiger partial charge in [0.05, 0.1) is 12.2 Å². The molecule has 0 aromatic heterocycles. The summed E-state index contributed by atoms with van der Waals surface area (Å²) < 4.78 is 5.86. The summed E-state index contributed by atoms with van der Waals surface area (Å²) in [5, 5.41) is 2.70. The van der Waals surface area contributed by atoms with Gasteiger partial charge in [0.25, 0.3) is 0 Å². The minimum atomic E-state index is -0.240. The zero-order valence-electron chi connectivity index (χ0n) is 13.8. The molecule has 0 aliphatic carbocycles. The first kappa shape index (κ1) is 18.9. The number of rotatable bonds is 10. The van der Waals surface area contributed by atoms with Gasteiger partial charge in [-0.3, -0.25) is 4.79 Å². The third-order valence-corrected chi connectivity index (χ3v) is 3.08. The fourth-order valence-electron chi connectivity index (χ4n) is 2.42. The van der Waals surface area contributed by atoms with E-state index in [0.29, 0.717) is 24.0 Å². The lowest BCUT2D eigenvalue weighted by Gasteiger charge is -2.29. The SMILES string of the molecule is C=CCNC(=O)C(=C)COC(C)(C)CC(C)CC(C)C. The fourth-order valence-corrected chi connectivity index (χ4v) is 2.42. The van der Waals surface area contributed by atoms with Crippen molar-refractivity contribution in [1.82, 2.24) is 5.32 Å². The molecule has 0 aromatic carbocycles. The molecule has 0 aliphatic heterocycles. The molecule has 0 fully saturated rings. The van der Waals surface area contributed by atoms with Crippen molar-refractivity contribution in [2.24, 2.45) is 11.8 Å². The van der Waals surface area contributed by atoms with Gasteiger partial charge in [0.15, 0.2) is 0 Å². The lowest BCUT2D eigenvalue weighted by Crippen LogP contribution is -2.32. The van der Waals surface area contributed by atoms with Gasteiger partial charge >= 0.3 is 0 Å². The quantitative estimate of drug-likeness (QED) is 0.489. The highest BCUT2D eigenvalue weighted by Gasteiger charge is 2.23. The van der Waals surface area contributed by atoms with Crippen LogP contribution < -0.4 is 5.32 Å². The molecule has 0 radical (unpaired) electrons. The van der Waals surface area contributed by atoms with Crippen LogP contribution in [-0.2, 0) is 9.53 Å². The van der Waals surface area contributed by atoms with Gasteiger partial charge in [0.2, 0.25) is 5.91 Å². The highest BCUT2D eigenvalue weighted by Crippen LogP contribution is 2.25. The lowest BCUT2D eigenvalue weighted by molar-refractivity contribution is -0.118. The summed E-state index contributed by atoms with van der Waals surface area (Å²) in [5.74, 6) is 1.13. The average molecular weight is 281 g/mol. The molecule has 0 aliphatic rings. The summed E-state index contributed by atoms with van der Waals surface area (Å²) in [5.41, 5.74) is 0.215. The molecule has 20 heavy (non-hydrogen) atoms. The second kappa shape index (κ2) is 8.96. The normalized spacial score (nSPS) is 13.1. The lowest BCUT2D eigenvalue weighted by atomic mass is 9.88. The van der Waals surface area contributed by atoms with Crippen LogP contribution in [0, 0.1) is 11.8 Å². The van der Waals surface area contributed by atoms with Crippen molar-refractivity contribution in [2.75, 3.05) is 13.2 Å². The van der Waals surface area contributed by atoms with E-state index in [1.54, 1.807) is 6.08 Å². The minimum absolute atomic E-state index is 0.170. The first-order valence-electron chi connectivity index (χ1n) is 7.38. The molecule has 0 aromatic rings. The van der Waals surface area contributed by atoms with Crippen LogP contribution in [0.5, 0.6) is 0 Å². The molecule has 1 unspecified atom stereocenters. The smallest absolute Gasteiger partial charge is 0.249 e. The Kier molecular flexibility index (Phi) is 8.47. The van der Waals surface area contributed by atoms with Crippen LogP contribution in [-0.4, -0.2) is 24.7 Å². The number of hydrogen-bond acceptors (Lipinski definition) is 2. The molecular formula is C17H31NO2. The highest BCUT2D eigenvalue weighted by molar-refractivity contribution is 5.93. The monoisotopic (exact) mass is 281 g/mol. The van der Waals surface area contributed by atoms with Gasteiger partial charge in [-0.05, 0) is 38.5 Å². The van der Waals surface area contributed by atoms with Crippen molar-refractivity contribution in [3.8, 4) is 0 Å². The largest absolute Gasteiger partial charge is 0.371 e. The number of amides is 1. The van der Waals surface area contributed by atoms with Crippen molar-refractivity contribution >= 4 is 5.91 Å². The molecule has 1 N–H and O–H groups in total. The van der Waals surface area contributed by atoms with Crippen LogP contribution in [0.1, 0.15) is 47.5 Å². The topological polar surface area (TPSA) is 38.3 Å². The van der Waals surface area contributed by atoms with Gasteiger partial charge in [0.1, 0.15) is 0 Å². The van der Waals surface area contributed by atoms with Crippen molar-refractivity contribution in [1.29, 1.82) is 0 Å². The van der Waals surface area contributed by atoms with E-state index in [9.17, 15) is 4.79 Å². The van der Waals surface area contributed by atoms with Gasteiger partial charge < -0.3 is 10.1 Å². The van der Waals surface area contributed by atoms with Crippen LogP contribution in [0.3, 0.4) is 0 Å². The summed E-state index contributed by atoms with van der Waals surface area (Å²) in [6.07, 6.45) is 3.81. The van der Waals surface area contributed by atoms with Crippen molar-refractivity contribution in [3.63, 3.8) is 0 Å². The molecule has 3 nitrogen and oxygen atoms in total. The first-order chi connectivity index (χ1) is 9.18. The number of ether oxygens (including phenoxy) is 1. The maximum atomic E-state index is 11.6. The number of carbonyl (C=O) groups is 1. The molecular weight excluding hydrogens is 250 g/mol. The second-order valence-corrected chi connectivity index (χ2v) is 6.59. The van der Waals surface area contributed by atoms with E-state index < -0.39 is 0 Å². The third-order valence-electron chi connectivity index (χ3n) is 3.08. The molecule has 0 heterocycles. The fraction of sp³-hybridized carbons (Fsp3) is 0.706. The van der Waals surface area contributed by atoms with Crippen LogP contribution >= 0.6 is 0 Å².